The van der Waals surface area contributed by atoms with E-state index in [9.17, 15) is 0 Å². The van der Waals surface area contributed by atoms with Crippen LogP contribution in [0, 0.1) is 11.3 Å². The van der Waals surface area contributed by atoms with Gasteiger partial charge < -0.3 is 4.74 Å². The first-order chi connectivity index (χ1) is 8.79. The summed E-state index contributed by atoms with van der Waals surface area (Å²) in [5.74, 6) is 0. The van der Waals surface area contributed by atoms with E-state index in [4.69, 9.17) is 21.6 Å². The van der Waals surface area contributed by atoms with Gasteiger partial charge in [-0.25, -0.2) is 0 Å². The molecule has 0 saturated heterocycles. The minimum Gasteiger partial charge on any atom is -0.372 e. The Morgan fingerprint density at radius 3 is 2.67 bits per heavy atom. The number of halogens is 1. The summed E-state index contributed by atoms with van der Waals surface area (Å²) in [6, 6.07) is 17.1. The molecule has 3 heteroatoms. The molecule has 0 bridgehead atoms. The third-order valence-electron chi connectivity index (χ3n) is 2.54. The number of hydrogen-bond acceptors (Lipinski definition) is 2. The van der Waals surface area contributed by atoms with Crippen molar-refractivity contribution in [2.24, 2.45) is 0 Å². The molecule has 0 unspecified atom stereocenters. The molecule has 2 rings (SSSR count). The Bertz CT molecular complexity index is 575. The number of ether oxygens (including phenoxy) is 1. The molecule has 0 fully saturated rings. The van der Waals surface area contributed by atoms with E-state index in [1.807, 2.05) is 42.5 Å². The topological polar surface area (TPSA) is 33.0 Å². The molecule has 2 aromatic carbocycles. The molecule has 0 aliphatic rings. The van der Waals surface area contributed by atoms with Gasteiger partial charge in [-0.3, -0.25) is 0 Å². The van der Waals surface area contributed by atoms with Crippen molar-refractivity contribution >= 4 is 11.6 Å². The summed E-state index contributed by atoms with van der Waals surface area (Å²) in [6.07, 6.45) is 0. The van der Waals surface area contributed by atoms with Gasteiger partial charge in [-0.2, -0.15) is 5.26 Å². The van der Waals surface area contributed by atoms with Crippen molar-refractivity contribution in [3.63, 3.8) is 0 Å². The van der Waals surface area contributed by atoms with E-state index >= 15 is 0 Å². The Balaban J connectivity index is 1.93. The van der Waals surface area contributed by atoms with Crippen LogP contribution >= 0.6 is 11.6 Å². The lowest BCUT2D eigenvalue weighted by molar-refractivity contribution is 0.107. The predicted molar refractivity (Wildman–Crippen MR) is 71.1 cm³/mol. The predicted octanol–water partition coefficient (Wildman–Crippen LogP) is 3.93. The van der Waals surface area contributed by atoms with Crippen LogP contribution in [0.5, 0.6) is 0 Å². The van der Waals surface area contributed by atoms with E-state index in [1.165, 1.54) is 0 Å². The third kappa shape index (κ3) is 3.33. The molecule has 0 aliphatic heterocycles. The molecule has 18 heavy (non-hydrogen) atoms. The average molecular weight is 258 g/mol. The van der Waals surface area contributed by atoms with Gasteiger partial charge in [0.25, 0.3) is 0 Å². The van der Waals surface area contributed by atoms with Crippen LogP contribution in [0.2, 0.25) is 5.02 Å². The van der Waals surface area contributed by atoms with Crippen LogP contribution in [0.15, 0.2) is 48.5 Å². The first-order valence-corrected chi connectivity index (χ1v) is 5.97. The summed E-state index contributed by atoms with van der Waals surface area (Å²) in [5, 5.41) is 9.50. The standard InChI is InChI=1S/C15H12ClNO/c16-15-7-2-1-6-14(15)11-18-10-13-5-3-4-12(8-13)9-17/h1-8H,10-11H2. The van der Waals surface area contributed by atoms with E-state index in [0.29, 0.717) is 23.8 Å². The average Bonchev–Trinajstić information content (AvgIpc) is 2.41. The number of nitrogens with zero attached hydrogens (tertiary/aromatic N) is 1. The number of rotatable bonds is 4. The second kappa shape index (κ2) is 6.20. The highest BCUT2D eigenvalue weighted by molar-refractivity contribution is 6.31. The maximum atomic E-state index is 8.79. The summed E-state index contributed by atoms with van der Waals surface area (Å²) < 4.78 is 5.59. The molecule has 90 valence electrons. The summed E-state index contributed by atoms with van der Waals surface area (Å²) >= 11 is 6.03. The lowest BCUT2D eigenvalue weighted by Crippen LogP contribution is -1.95. The van der Waals surface area contributed by atoms with Gasteiger partial charge in [0.05, 0.1) is 24.8 Å². The molecule has 0 atom stereocenters. The van der Waals surface area contributed by atoms with Crippen molar-refractivity contribution in [2.75, 3.05) is 0 Å². The van der Waals surface area contributed by atoms with Crippen LogP contribution in [-0.4, -0.2) is 0 Å². The van der Waals surface area contributed by atoms with E-state index in [2.05, 4.69) is 6.07 Å². The second-order valence-corrected chi connectivity index (χ2v) is 4.30. The van der Waals surface area contributed by atoms with Crippen molar-refractivity contribution in [3.05, 3.63) is 70.2 Å². The van der Waals surface area contributed by atoms with Gasteiger partial charge in [-0.15, -0.1) is 0 Å². The molecular formula is C15H12ClNO. The highest BCUT2D eigenvalue weighted by Gasteiger charge is 2.00. The zero-order valence-corrected chi connectivity index (χ0v) is 10.5. The van der Waals surface area contributed by atoms with Gasteiger partial charge in [0.15, 0.2) is 0 Å². The number of hydrogen-bond donors (Lipinski definition) is 0. The first-order valence-electron chi connectivity index (χ1n) is 5.60. The molecule has 2 aromatic rings. The molecule has 2 nitrogen and oxygen atoms in total. The fourth-order valence-electron chi connectivity index (χ4n) is 1.62. The maximum absolute atomic E-state index is 8.79. The van der Waals surface area contributed by atoms with Crippen LogP contribution in [0.3, 0.4) is 0 Å². The van der Waals surface area contributed by atoms with E-state index in [-0.39, 0.29) is 0 Å². The number of benzene rings is 2. The molecule has 0 aromatic heterocycles. The van der Waals surface area contributed by atoms with E-state index < -0.39 is 0 Å². The van der Waals surface area contributed by atoms with E-state index in [1.54, 1.807) is 6.07 Å². The molecule has 0 amide bonds. The van der Waals surface area contributed by atoms with Crippen molar-refractivity contribution in [1.29, 1.82) is 5.26 Å². The summed E-state index contributed by atoms with van der Waals surface area (Å²) in [4.78, 5) is 0. The second-order valence-electron chi connectivity index (χ2n) is 3.90. The Morgan fingerprint density at radius 1 is 1.06 bits per heavy atom. The molecular weight excluding hydrogens is 246 g/mol. The lowest BCUT2D eigenvalue weighted by Gasteiger charge is -2.06. The van der Waals surface area contributed by atoms with Gasteiger partial charge >= 0.3 is 0 Å². The summed E-state index contributed by atoms with van der Waals surface area (Å²) in [5.41, 5.74) is 2.60. The van der Waals surface area contributed by atoms with Crippen molar-refractivity contribution in [3.8, 4) is 6.07 Å². The van der Waals surface area contributed by atoms with Gasteiger partial charge in [0.2, 0.25) is 0 Å². The largest absolute Gasteiger partial charge is 0.372 e. The van der Waals surface area contributed by atoms with Crippen LogP contribution in [-0.2, 0) is 18.0 Å². The molecule has 0 N–H and O–H groups in total. The fraction of sp³-hybridized carbons (Fsp3) is 0.133. The smallest absolute Gasteiger partial charge is 0.0991 e. The highest BCUT2D eigenvalue weighted by Crippen LogP contribution is 2.16. The first kappa shape index (κ1) is 12.6. The van der Waals surface area contributed by atoms with Gasteiger partial charge in [0.1, 0.15) is 0 Å². The van der Waals surface area contributed by atoms with Crippen molar-refractivity contribution in [1.82, 2.24) is 0 Å². The van der Waals surface area contributed by atoms with Crippen LogP contribution in [0.25, 0.3) is 0 Å². The normalized spacial score (nSPS) is 10.0. The van der Waals surface area contributed by atoms with Crippen molar-refractivity contribution < 1.29 is 4.74 Å². The lowest BCUT2D eigenvalue weighted by atomic mass is 10.1. The molecule has 0 heterocycles. The highest BCUT2D eigenvalue weighted by atomic mass is 35.5. The van der Waals surface area contributed by atoms with Gasteiger partial charge in [-0.05, 0) is 29.3 Å². The Morgan fingerprint density at radius 2 is 1.89 bits per heavy atom. The minimum atomic E-state index is 0.469. The molecule has 0 aliphatic carbocycles. The quantitative estimate of drug-likeness (QED) is 0.831. The maximum Gasteiger partial charge on any atom is 0.0991 e. The molecule has 0 radical (unpaired) electrons. The summed E-state index contributed by atoms with van der Waals surface area (Å²) in [6.45, 7) is 0.942. The zero-order valence-electron chi connectivity index (χ0n) is 9.77. The third-order valence-corrected chi connectivity index (χ3v) is 2.91. The van der Waals surface area contributed by atoms with Crippen LogP contribution < -0.4 is 0 Å². The molecule has 0 saturated carbocycles. The number of nitriles is 1. The Kier molecular flexibility index (Phi) is 4.35. The Labute approximate surface area is 111 Å². The molecule has 0 spiro atoms. The van der Waals surface area contributed by atoms with Crippen molar-refractivity contribution in [2.45, 2.75) is 13.2 Å². The van der Waals surface area contributed by atoms with Gasteiger partial charge in [0, 0.05) is 5.02 Å². The minimum absolute atomic E-state index is 0.469. The van der Waals surface area contributed by atoms with Gasteiger partial charge in [-0.1, -0.05) is 41.9 Å². The SMILES string of the molecule is N#Cc1cccc(COCc2ccccc2Cl)c1. The monoisotopic (exact) mass is 257 g/mol. The van der Waals surface area contributed by atoms with E-state index in [0.717, 1.165) is 11.1 Å². The van der Waals surface area contributed by atoms with Crippen LogP contribution in [0.4, 0.5) is 0 Å². The summed E-state index contributed by atoms with van der Waals surface area (Å²) in [7, 11) is 0. The zero-order chi connectivity index (χ0) is 12.8. The Hall–Kier alpha value is -1.82. The van der Waals surface area contributed by atoms with Crippen LogP contribution in [0.1, 0.15) is 16.7 Å². The fourth-order valence-corrected chi connectivity index (χ4v) is 1.82.